The molecule has 1 unspecified atom stereocenters. The summed E-state index contributed by atoms with van der Waals surface area (Å²) in [6, 6.07) is 12.0. The van der Waals surface area contributed by atoms with Crippen molar-refractivity contribution >= 4 is 5.82 Å². The van der Waals surface area contributed by atoms with Crippen LogP contribution in [-0.4, -0.2) is 24.1 Å². The molecule has 0 spiro atoms. The van der Waals surface area contributed by atoms with Gasteiger partial charge in [0.1, 0.15) is 11.9 Å². The van der Waals surface area contributed by atoms with Crippen LogP contribution in [-0.2, 0) is 4.74 Å². The van der Waals surface area contributed by atoms with Gasteiger partial charge in [0.2, 0.25) is 0 Å². The van der Waals surface area contributed by atoms with Gasteiger partial charge >= 0.3 is 0 Å². The number of hydrogen-bond donors (Lipinski definition) is 1. The van der Waals surface area contributed by atoms with E-state index in [0.717, 1.165) is 29.3 Å². The van der Waals surface area contributed by atoms with E-state index in [1.165, 1.54) is 0 Å². The zero-order valence-electron chi connectivity index (χ0n) is 11.6. The summed E-state index contributed by atoms with van der Waals surface area (Å²) in [5.41, 5.74) is 1.99. The molecule has 0 saturated heterocycles. The third-order valence-electron chi connectivity index (χ3n) is 3.01. The lowest BCUT2D eigenvalue weighted by Gasteiger charge is -2.14. The van der Waals surface area contributed by atoms with Gasteiger partial charge in [0, 0.05) is 25.8 Å². The second kappa shape index (κ2) is 6.29. The van der Waals surface area contributed by atoms with Gasteiger partial charge in [-0.05, 0) is 6.42 Å². The summed E-state index contributed by atoms with van der Waals surface area (Å²) in [6.07, 6.45) is 0.772. The van der Waals surface area contributed by atoms with E-state index in [4.69, 9.17) is 4.74 Å². The molecule has 4 nitrogen and oxygen atoms in total. The van der Waals surface area contributed by atoms with Crippen molar-refractivity contribution in [2.45, 2.75) is 19.4 Å². The van der Waals surface area contributed by atoms with Gasteiger partial charge in [-0.15, -0.1) is 0 Å². The summed E-state index contributed by atoms with van der Waals surface area (Å²) in [5, 5.41) is 3.07. The summed E-state index contributed by atoms with van der Waals surface area (Å²) in [6.45, 7) is 2.06. The Morgan fingerprint density at radius 2 is 1.95 bits per heavy atom. The minimum absolute atomic E-state index is 0.0734. The van der Waals surface area contributed by atoms with E-state index in [1.807, 2.05) is 43.4 Å². The quantitative estimate of drug-likeness (QED) is 0.893. The predicted octanol–water partition coefficient (Wildman–Crippen LogP) is 3.28. The smallest absolute Gasteiger partial charge is 0.160 e. The molecule has 0 aliphatic carbocycles. The zero-order valence-corrected chi connectivity index (χ0v) is 11.6. The maximum atomic E-state index is 5.42. The van der Waals surface area contributed by atoms with Crippen LogP contribution in [0.15, 0.2) is 36.4 Å². The number of nitrogens with one attached hydrogen (secondary N) is 1. The van der Waals surface area contributed by atoms with Crippen LogP contribution in [0.3, 0.4) is 0 Å². The number of hydrogen-bond acceptors (Lipinski definition) is 4. The van der Waals surface area contributed by atoms with Crippen LogP contribution in [0.1, 0.15) is 25.3 Å². The number of anilines is 1. The molecule has 1 N–H and O–H groups in total. The summed E-state index contributed by atoms with van der Waals surface area (Å²) in [5.74, 6) is 1.52. The Bertz CT molecular complexity index is 524. The number of ether oxygens (including phenoxy) is 1. The van der Waals surface area contributed by atoms with E-state index in [2.05, 4.69) is 22.2 Å². The SMILES string of the molecule is CCC(OC)c1nc(NC)cc(-c2ccccc2)n1. The van der Waals surface area contributed by atoms with Gasteiger partial charge in [0.15, 0.2) is 5.82 Å². The molecule has 2 rings (SSSR count). The van der Waals surface area contributed by atoms with Crippen LogP contribution in [0.4, 0.5) is 5.82 Å². The van der Waals surface area contributed by atoms with Crippen molar-refractivity contribution < 1.29 is 4.74 Å². The number of rotatable bonds is 5. The summed E-state index contributed by atoms with van der Waals surface area (Å²) >= 11 is 0. The van der Waals surface area contributed by atoms with E-state index in [-0.39, 0.29) is 6.10 Å². The molecular weight excluding hydrogens is 238 g/mol. The maximum absolute atomic E-state index is 5.42. The zero-order chi connectivity index (χ0) is 13.7. The third-order valence-corrected chi connectivity index (χ3v) is 3.01. The Kier molecular flexibility index (Phi) is 4.47. The molecule has 19 heavy (non-hydrogen) atoms. The average Bonchev–Trinajstić information content (AvgIpc) is 2.49. The highest BCUT2D eigenvalue weighted by molar-refractivity contribution is 5.62. The second-order valence-corrected chi connectivity index (χ2v) is 4.25. The molecule has 0 fully saturated rings. The first-order valence-corrected chi connectivity index (χ1v) is 6.43. The molecule has 0 aliphatic heterocycles. The van der Waals surface area contributed by atoms with Crippen LogP contribution in [0.2, 0.25) is 0 Å². The monoisotopic (exact) mass is 257 g/mol. The van der Waals surface area contributed by atoms with Crippen molar-refractivity contribution in [1.29, 1.82) is 0 Å². The molecule has 2 aromatic rings. The van der Waals surface area contributed by atoms with Gasteiger partial charge in [-0.25, -0.2) is 9.97 Å². The summed E-state index contributed by atoms with van der Waals surface area (Å²) in [4.78, 5) is 9.09. The van der Waals surface area contributed by atoms with Crippen LogP contribution >= 0.6 is 0 Å². The fraction of sp³-hybridized carbons (Fsp3) is 0.333. The first kappa shape index (κ1) is 13.5. The number of aromatic nitrogens is 2. The van der Waals surface area contributed by atoms with Gasteiger partial charge in [-0.2, -0.15) is 0 Å². The highest BCUT2D eigenvalue weighted by Gasteiger charge is 2.14. The number of nitrogens with zero attached hydrogens (tertiary/aromatic N) is 2. The minimum Gasteiger partial charge on any atom is -0.373 e. The number of methoxy groups -OCH3 is 1. The second-order valence-electron chi connectivity index (χ2n) is 4.25. The van der Waals surface area contributed by atoms with Crippen molar-refractivity contribution in [3.8, 4) is 11.3 Å². The fourth-order valence-electron chi connectivity index (χ4n) is 1.95. The standard InChI is InChI=1S/C15H19N3O/c1-4-13(19-3)15-17-12(10-14(16-2)18-15)11-8-6-5-7-9-11/h5-10,13H,4H2,1-3H3,(H,16,17,18). The minimum atomic E-state index is -0.0734. The van der Waals surface area contributed by atoms with Gasteiger partial charge < -0.3 is 10.1 Å². The first-order chi connectivity index (χ1) is 9.28. The van der Waals surface area contributed by atoms with E-state index < -0.39 is 0 Å². The molecule has 100 valence electrons. The normalized spacial score (nSPS) is 12.2. The van der Waals surface area contributed by atoms with Crippen LogP contribution in [0, 0.1) is 0 Å². The summed E-state index contributed by atoms with van der Waals surface area (Å²) < 4.78 is 5.42. The molecule has 1 atom stereocenters. The van der Waals surface area contributed by atoms with Crippen molar-refractivity contribution in [2.24, 2.45) is 0 Å². The van der Waals surface area contributed by atoms with Gasteiger partial charge in [0.05, 0.1) is 5.69 Å². The molecule has 0 aliphatic rings. The first-order valence-electron chi connectivity index (χ1n) is 6.43. The molecule has 1 aromatic carbocycles. The third kappa shape index (κ3) is 3.09. The lowest BCUT2D eigenvalue weighted by molar-refractivity contribution is 0.0928. The fourth-order valence-corrected chi connectivity index (χ4v) is 1.95. The average molecular weight is 257 g/mol. The van der Waals surface area contributed by atoms with Gasteiger partial charge in [0.25, 0.3) is 0 Å². The highest BCUT2D eigenvalue weighted by atomic mass is 16.5. The largest absolute Gasteiger partial charge is 0.373 e. The van der Waals surface area contributed by atoms with Crippen molar-refractivity contribution in [2.75, 3.05) is 19.5 Å². The highest BCUT2D eigenvalue weighted by Crippen LogP contribution is 2.24. The molecule has 0 radical (unpaired) electrons. The van der Waals surface area contributed by atoms with Crippen LogP contribution in [0.25, 0.3) is 11.3 Å². The van der Waals surface area contributed by atoms with E-state index in [9.17, 15) is 0 Å². The molecule has 0 saturated carbocycles. The van der Waals surface area contributed by atoms with Crippen molar-refractivity contribution in [1.82, 2.24) is 9.97 Å². The Morgan fingerprint density at radius 3 is 2.53 bits per heavy atom. The number of benzene rings is 1. The van der Waals surface area contributed by atoms with E-state index >= 15 is 0 Å². The van der Waals surface area contributed by atoms with E-state index in [0.29, 0.717) is 0 Å². The lowest BCUT2D eigenvalue weighted by Crippen LogP contribution is -2.08. The molecular formula is C15H19N3O. The Hall–Kier alpha value is -1.94. The molecule has 1 heterocycles. The molecule has 1 aromatic heterocycles. The Labute approximate surface area is 113 Å². The predicted molar refractivity (Wildman–Crippen MR) is 77.1 cm³/mol. The Morgan fingerprint density at radius 1 is 1.21 bits per heavy atom. The lowest BCUT2D eigenvalue weighted by atomic mass is 10.1. The van der Waals surface area contributed by atoms with Gasteiger partial charge in [-0.3, -0.25) is 0 Å². The van der Waals surface area contributed by atoms with E-state index in [1.54, 1.807) is 7.11 Å². The molecule has 0 bridgehead atoms. The maximum Gasteiger partial charge on any atom is 0.160 e. The van der Waals surface area contributed by atoms with Gasteiger partial charge in [-0.1, -0.05) is 37.3 Å². The summed E-state index contributed by atoms with van der Waals surface area (Å²) in [7, 11) is 3.54. The molecule has 4 heteroatoms. The van der Waals surface area contributed by atoms with Crippen molar-refractivity contribution in [3.63, 3.8) is 0 Å². The topological polar surface area (TPSA) is 47.0 Å². The molecule has 0 amide bonds. The van der Waals surface area contributed by atoms with Crippen LogP contribution < -0.4 is 5.32 Å². The van der Waals surface area contributed by atoms with Crippen molar-refractivity contribution in [3.05, 3.63) is 42.2 Å². The Balaban J connectivity index is 2.47. The van der Waals surface area contributed by atoms with Crippen LogP contribution in [0.5, 0.6) is 0 Å².